The Morgan fingerprint density at radius 1 is 1.24 bits per heavy atom. The first kappa shape index (κ1) is 17.9. The van der Waals surface area contributed by atoms with E-state index in [-0.39, 0.29) is 11.8 Å². The number of amides is 2. The Morgan fingerprint density at radius 2 is 2.00 bits per heavy atom. The Balaban J connectivity index is 1.71. The van der Waals surface area contributed by atoms with E-state index in [0.717, 1.165) is 39.0 Å². The Morgan fingerprint density at radius 3 is 2.60 bits per heavy atom. The number of carbonyl (C=O) groups is 2. The third-order valence-electron chi connectivity index (χ3n) is 4.78. The molecule has 3 rings (SSSR count). The van der Waals surface area contributed by atoms with Crippen LogP contribution in [0.2, 0.25) is 0 Å². The van der Waals surface area contributed by atoms with Crippen molar-refractivity contribution in [3.63, 3.8) is 0 Å². The van der Waals surface area contributed by atoms with Gasteiger partial charge in [-0.3, -0.25) is 9.59 Å². The molecule has 1 aliphatic heterocycles. The van der Waals surface area contributed by atoms with Crippen LogP contribution in [-0.4, -0.2) is 42.5 Å². The number of anilines is 1. The van der Waals surface area contributed by atoms with Crippen molar-refractivity contribution in [2.75, 3.05) is 25.1 Å². The van der Waals surface area contributed by atoms with Gasteiger partial charge in [-0.1, -0.05) is 26.8 Å². The lowest BCUT2D eigenvalue weighted by atomic mass is 9.95. The summed E-state index contributed by atoms with van der Waals surface area (Å²) < 4.78 is 5.45. The summed E-state index contributed by atoms with van der Waals surface area (Å²) in [6.45, 7) is 7.92. The van der Waals surface area contributed by atoms with Gasteiger partial charge in [0.25, 0.3) is 5.91 Å². The zero-order chi connectivity index (χ0) is 18.0. The van der Waals surface area contributed by atoms with E-state index < -0.39 is 5.41 Å². The van der Waals surface area contributed by atoms with Gasteiger partial charge in [-0.2, -0.15) is 0 Å². The predicted molar refractivity (Wildman–Crippen MR) is 97.5 cm³/mol. The molecule has 5 nitrogen and oxygen atoms in total. The van der Waals surface area contributed by atoms with Crippen molar-refractivity contribution in [3.05, 3.63) is 29.8 Å². The molecule has 2 fully saturated rings. The average Bonchev–Trinajstić information content (AvgIpc) is 3.27. The SMILES string of the molecule is CC(C)(C)C(=O)Nc1cccc(C(=O)N(CC2CCOC2)C2CC2)c1. The molecule has 1 saturated carbocycles. The number of rotatable bonds is 5. The highest BCUT2D eigenvalue weighted by Crippen LogP contribution is 2.31. The van der Waals surface area contributed by atoms with Crippen LogP contribution in [-0.2, 0) is 9.53 Å². The molecular formula is C20H28N2O3. The lowest BCUT2D eigenvalue weighted by Crippen LogP contribution is -2.37. The summed E-state index contributed by atoms with van der Waals surface area (Å²) in [7, 11) is 0. The molecule has 2 amide bonds. The maximum absolute atomic E-state index is 13.0. The Hall–Kier alpha value is -1.88. The van der Waals surface area contributed by atoms with E-state index in [1.54, 1.807) is 6.07 Å². The van der Waals surface area contributed by atoms with Gasteiger partial charge in [-0.25, -0.2) is 0 Å². The summed E-state index contributed by atoms with van der Waals surface area (Å²) in [6, 6.07) is 7.63. The van der Waals surface area contributed by atoms with Gasteiger partial charge in [0.05, 0.1) is 6.61 Å². The number of nitrogens with zero attached hydrogens (tertiary/aromatic N) is 1. The molecule has 1 aliphatic carbocycles. The van der Waals surface area contributed by atoms with Crippen molar-refractivity contribution < 1.29 is 14.3 Å². The van der Waals surface area contributed by atoms with Crippen molar-refractivity contribution >= 4 is 17.5 Å². The van der Waals surface area contributed by atoms with Crippen LogP contribution in [0, 0.1) is 11.3 Å². The van der Waals surface area contributed by atoms with E-state index in [0.29, 0.717) is 23.2 Å². The molecule has 5 heteroatoms. The van der Waals surface area contributed by atoms with E-state index in [1.165, 1.54) is 0 Å². The molecule has 0 radical (unpaired) electrons. The first-order chi connectivity index (χ1) is 11.8. The summed E-state index contributed by atoms with van der Waals surface area (Å²) in [6.07, 6.45) is 3.19. The minimum atomic E-state index is -0.470. The van der Waals surface area contributed by atoms with Crippen molar-refractivity contribution in [1.29, 1.82) is 0 Å². The van der Waals surface area contributed by atoms with Crippen molar-refractivity contribution in [2.45, 2.75) is 46.1 Å². The second-order valence-corrected chi connectivity index (χ2v) is 8.20. The minimum Gasteiger partial charge on any atom is -0.381 e. The lowest BCUT2D eigenvalue weighted by Gasteiger charge is -2.25. The highest BCUT2D eigenvalue weighted by Gasteiger charge is 2.35. The van der Waals surface area contributed by atoms with Gasteiger partial charge in [-0.05, 0) is 37.5 Å². The van der Waals surface area contributed by atoms with E-state index in [4.69, 9.17) is 4.74 Å². The number of carbonyl (C=O) groups excluding carboxylic acids is 2. The number of ether oxygens (including phenoxy) is 1. The third-order valence-corrected chi connectivity index (χ3v) is 4.78. The molecule has 1 heterocycles. The van der Waals surface area contributed by atoms with Crippen LogP contribution in [0.5, 0.6) is 0 Å². The maximum Gasteiger partial charge on any atom is 0.254 e. The van der Waals surface area contributed by atoms with Crippen molar-refractivity contribution in [1.82, 2.24) is 4.90 Å². The minimum absolute atomic E-state index is 0.0562. The Labute approximate surface area is 149 Å². The monoisotopic (exact) mass is 344 g/mol. The predicted octanol–water partition coefficient (Wildman–Crippen LogP) is 3.31. The average molecular weight is 344 g/mol. The second kappa shape index (κ2) is 7.16. The summed E-state index contributed by atoms with van der Waals surface area (Å²) in [5.41, 5.74) is 0.839. The number of hydrogen-bond acceptors (Lipinski definition) is 3. The zero-order valence-corrected chi connectivity index (χ0v) is 15.4. The summed E-state index contributed by atoms with van der Waals surface area (Å²) in [4.78, 5) is 27.2. The van der Waals surface area contributed by atoms with Crippen LogP contribution >= 0.6 is 0 Å². The van der Waals surface area contributed by atoms with Crippen LogP contribution in [0.3, 0.4) is 0 Å². The Bertz CT molecular complexity index is 641. The van der Waals surface area contributed by atoms with Gasteiger partial charge in [0, 0.05) is 41.8 Å². The summed E-state index contributed by atoms with van der Waals surface area (Å²) in [5.74, 6) is 0.439. The maximum atomic E-state index is 13.0. The molecule has 0 spiro atoms. The van der Waals surface area contributed by atoms with Crippen LogP contribution in [0.25, 0.3) is 0 Å². The molecule has 1 unspecified atom stereocenters. The highest BCUT2D eigenvalue weighted by molar-refractivity contribution is 5.98. The normalized spacial score (nSPS) is 20.4. The highest BCUT2D eigenvalue weighted by atomic mass is 16.5. The quantitative estimate of drug-likeness (QED) is 0.891. The lowest BCUT2D eigenvalue weighted by molar-refractivity contribution is -0.123. The molecule has 0 bridgehead atoms. The number of nitrogens with one attached hydrogen (secondary N) is 1. The first-order valence-electron chi connectivity index (χ1n) is 9.15. The van der Waals surface area contributed by atoms with E-state index in [9.17, 15) is 9.59 Å². The molecule has 1 N–H and O–H groups in total. The number of hydrogen-bond donors (Lipinski definition) is 1. The molecule has 136 valence electrons. The molecule has 25 heavy (non-hydrogen) atoms. The fourth-order valence-electron chi connectivity index (χ4n) is 3.00. The summed E-state index contributed by atoms with van der Waals surface area (Å²) in [5, 5.41) is 2.90. The van der Waals surface area contributed by atoms with Gasteiger partial charge in [0.15, 0.2) is 0 Å². The van der Waals surface area contributed by atoms with Gasteiger partial charge in [-0.15, -0.1) is 0 Å². The van der Waals surface area contributed by atoms with E-state index in [2.05, 4.69) is 5.32 Å². The zero-order valence-electron chi connectivity index (χ0n) is 15.4. The van der Waals surface area contributed by atoms with Gasteiger partial charge < -0.3 is 15.0 Å². The van der Waals surface area contributed by atoms with Crippen LogP contribution < -0.4 is 5.32 Å². The molecule has 2 aliphatic rings. The van der Waals surface area contributed by atoms with Crippen LogP contribution in [0.4, 0.5) is 5.69 Å². The van der Waals surface area contributed by atoms with E-state index in [1.807, 2.05) is 43.9 Å². The molecule has 0 aromatic heterocycles. The van der Waals surface area contributed by atoms with Crippen molar-refractivity contribution in [2.24, 2.45) is 11.3 Å². The Kier molecular flexibility index (Phi) is 5.13. The van der Waals surface area contributed by atoms with E-state index >= 15 is 0 Å². The van der Waals surface area contributed by atoms with Gasteiger partial charge in [0.1, 0.15) is 0 Å². The molecule has 1 aromatic rings. The second-order valence-electron chi connectivity index (χ2n) is 8.20. The fraction of sp³-hybridized carbons (Fsp3) is 0.600. The molecule has 1 saturated heterocycles. The fourth-order valence-corrected chi connectivity index (χ4v) is 3.00. The van der Waals surface area contributed by atoms with Crippen molar-refractivity contribution in [3.8, 4) is 0 Å². The summed E-state index contributed by atoms with van der Waals surface area (Å²) >= 11 is 0. The smallest absolute Gasteiger partial charge is 0.254 e. The molecule has 1 atom stereocenters. The van der Waals surface area contributed by atoms with Gasteiger partial charge in [0.2, 0.25) is 5.91 Å². The molecule has 1 aromatic carbocycles. The molecular weight excluding hydrogens is 316 g/mol. The van der Waals surface area contributed by atoms with Gasteiger partial charge >= 0.3 is 0 Å². The first-order valence-corrected chi connectivity index (χ1v) is 9.15. The largest absolute Gasteiger partial charge is 0.381 e. The van der Waals surface area contributed by atoms with Crippen LogP contribution in [0.15, 0.2) is 24.3 Å². The topological polar surface area (TPSA) is 58.6 Å². The number of benzene rings is 1. The third kappa shape index (κ3) is 4.60. The standard InChI is InChI=1S/C20H28N2O3/c1-20(2,3)19(24)21-16-6-4-5-15(11-16)18(23)22(17-7-8-17)12-14-9-10-25-13-14/h4-6,11,14,17H,7-10,12-13H2,1-3H3,(H,21,24). The van der Waals surface area contributed by atoms with Crippen LogP contribution in [0.1, 0.15) is 50.4 Å².